The molecule has 5 nitrogen and oxygen atoms in total. The molecule has 7 heteroatoms. The van der Waals surface area contributed by atoms with Gasteiger partial charge in [-0.2, -0.15) is 0 Å². The van der Waals surface area contributed by atoms with E-state index in [4.69, 9.17) is 17.0 Å². The molecule has 1 atom stereocenters. The Morgan fingerprint density at radius 3 is 2.31 bits per heavy atom. The van der Waals surface area contributed by atoms with Crippen LogP contribution in [0.25, 0.3) is 11.1 Å². The van der Waals surface area contributed by atoms with E-state index in [-0.39, 0.29) is 22.4 Å². The summed E-state index contributed by atoms with van der Waals surface area (Å²) in [7, 11) is 1.39. The topological polar surface area (TPSA) is 67.4 Å². The molecule has 3 aromatic rings. The van der Waals surface area contributed by atoms with E-state index in [0.717, 1.165) is 36.0 Å². The van der Waals surface area contributed by atoms with Crippen LogP contribution < -0.4 is 10.6 Å². The Labute approximate surface area is 215 Å². The minimum Gasteiger partial charge on any atom is -0.465 e. The van der Waals surface area contributed by atoms with Crippen molar-refractivity contribution in [1.82, 2.24) is 5.32 Å². The summed E-state index contributed by atoms with van der Waals surface area (Å²) in [4.78, 5) is 26.6. The normalized spacial score (nSPS) is 15.1. The number of carbonyl (C=O) groups is 2. The summed E-state index contributed by atoms with van der Waals surface area (Å²) in [6, 6.07) is 17.4. The molecule has 2 aromatic carbocycles. The second-order valence-electron chi connectivity index (χ2n) is 9.86. The molecule has 35 heavy (non-hydrogen) atoms. The first-order chi connectivity index (χ1) is 16.7. The maximum Gasteiger partial charge on any atom is 0.341 e. The number of thiocarbonyl (C=S) groups is 1. The van der Waals surface area contributed by atoms with Crippen LogP contribution in [0.1, 0.15) is 58.3 Å². The van der Waals surface area contributed by atoms with Crippen molar-refractivity contribution in [3.8, 4) is 11.1 Å². The molecule has 1 heterocycles. The maximum atomic E-state index is 12.8. The maximum absolute atomic E-state index is 12.8. The number of fused-ring (bicyclic) bond motifs is 1. The van der Waals surface area contributed by atoms with Crippen molar-refractivity contribution in [2.75, 3.05) is 12.4 Å². The van der Waals surface area contributed by atoms with Gasteiger partial charge in [-0.3, -0.25) is 10.1 Å². The Morgan fingerprint density at radius 1 is 1.03 bits per heavy atom. The Hall–Kier alpha value is -3.03. The van der Waals surface area contributed by atoms with Crippen LogP contribution >= 0.6 is 23.6 Å². The largest absolute Gasteiger partial charge is 0.465 e. The van der Waals surface area contributed by atoms with E-state index in [0.29, 0.717) is 22.0 Å². The molecule has 1 unspecified atom stereocenters. The first-order valence-electron chi connectivity index (χ1n) is 11.7. The second-order valence-corrected chi connectivity index (χ2v) is 11.4. The van der Waals surface area contributed by atoms with Crippen molar-refractivity contribution in [2.24, 2.45) is 11.3 Å². The van der Waals surface area contributed by atoms with E-state index in [1.807, 2.05) is 42.5 Å². The van der Waals surface area contributed by atoms with E-state index in [2.05, 4.69) is 31.4 Å². The smallest absolute Gasteiger partial charge is 0.341 e. The molecule has 0 bridgehead atoms. The van der Waals surface area contributed by atoms with Crippen LogP contribution in [-0.2, 0) is 17.6 Å². The molecule has 4 rings (SSSR count). The Bertz CT molecular complexity index is 1240. The number of carbonyl (C=O) groups excluding carboxylic acids is 2. The number of hydrogen-bond acceptors (Lipinski definition) is 5. The molecule has 1 amide bonds. The highest BCUT2D eigenvalue weighted by Crippen LogP contribution is 2.44. The molecule has 0 saturated carbocycles. The minimum atomic E-state index is -0.384. The van der Waals surface area contributed by atoms with E-state index in [1.165, 1.54) is 23.3 Å². The second kappa shape index (κ2) is 10.3. The average molecular weight is 507 g/mol. The standard InChI is InChI=1S/C28H30N2O3S2/c1-28(2,3)20-14-15-21-22(16-20)35-25(23(21)26(32)33-4)30-27(34)29-24(31)19-12-10-18(11-13-19)17-8-6-5-7-9-17/h5-13,20H,14-16H2,1-4H3,(H2,29,30,31,34). The number of ether oxygens (including phenoxy) is 1. The third kappa shape index (κ3) is 5.63. The fourth-order valence-corrected chi connectivity index (χ4v) is 6.06. The van der Waals surface area contributed by atoms with Crippen LogP contribution in [0.15, 0.2) is 54.6 Å². The summed E-state index contributed by atoms with van der Waals surface area (Å²) in [5, 5.41) is 6.61. The number of rotatable bonds is 4. The lowest BCUT2D eigenvalue weighted by atomic mass is 9.72. The van der Waals surface area contributed by atoms with Gasteiger partial charge in [0.1, 0.15) is 5.00 Å². The van der Waals surface area contributed by atoms with Crippen molar-refractivity contribution in [1.29, 1.82) is 0 Å². The number of amides is 1. The zero-order chi connectivity index (χ0) is 25.2. The molecule has 0 radical (unpaired) electrons. The number of hydrogen-bond donors (Lipinski definition) is 2. The van der Waals surface area contributed by atoms with Crippen molar-refractivity contribution in [3.63, 3.8) is 0 Å². The van der Waals surface area contributed by atoms with Gasteiger partial charge in [0.2, 0.25) is 0 Å². The van der Waals surface area contributed by atoms with Gasteiger partial charge in [0.05, 0.1) is 12.7 Å². The predicted molar refractivity (Wildman–Crippen MR) is 146 cm³/mol. The fourth-order valence-electron chi connectivity index (χ4n) is 4.49. The summed E-state index contributed by atoms with van der Waals surface area (Å²) in [6.45, 7) is 6.77. The van der Waals surface area contributed by atoms with E-state index >= 15 is 0 Å². The lowest BCUT2D eigenvalue weighted by Crippen LogP contribution is -2.34. The Kier molecular flexibility index (Phi) is 7.38. The summed E-state index contributed by atoms with van der Waals surface area (Å²) in [5.74, 6) is -0.154. The molecule has 1 aliphatic carbocycles. The lowest BCUT2D eigenvalue weighted by molar-refractivity contribution is 0.0600. The zero-order valence-electron chi connectivity index (χ0n) is 20.4. The summed E-state index contributed by atoms with van der Waals surface area (Å²) >= 11 is 6.96. The molecule has 0 saturated heterocycles. The lowest BCUT2D eigenvalue weighted by Gasteiger charge is -2.33. The van der Waals surface area contributed by atoms with Crippen LogP contribution in [0, 0.1) is 11.3 Å². The van der Waals surface area contributed by atoms with Gasteiger partial charge in [0, 0.05) is 10.4 Å². The quantitative estimate of drug-likeness (QED) is 0.313. The predicted octanol–water partition coefficient (Wildman–Crippen LogP) is 6.48. The van der Waals surface area contributed by atoms with Crippen molar-refractivity contribution in [2.45, 2.75) is 40.0 Å². The minimum absolute atomic E-state index is 0.151. The van der Waals surface area contributed by atoms with Gasteiger partial charge in [0.15, 0.2) is 5.11 Å². The van der Waals surface area contributed by atoms with Crippen LogP contribution in [-0.4, -0.2) is 24.1 Å². The van der Waals surface area contributed by atoms with E-state index in [9.17, 15) is 9.59 Å². The molecular formula is C28H30N2O3S2. The molecule has 182 valence electrons. The number of anilines is 1. The first kappa shape index (κ1) is 25.1. The monoisotopic (exact) mass is 506 g/mol. The van der Waals surface area contributed by atoms with Crippen molar-refractivity contribution in [3.05, 3.63) is 76.2 Å². The van der Waals surface area contributed by atoms with E-state index < -0.39 is 0 Å². The van der Waals surface area contributed by atoms with Crippen LogP contribution in [0.5, 0.6) is 0 Å². The number of esters is 1. The first-order valence-corrected chi connectivity index (χ1v) is 12.9. The van der Waals surface area contributed by atoms with Gasteiger partial charge in [-0.05, 0) is 71.6 Å². The highest BCUT2D eigenvalue weighted by molar-refractivity contribution is 7.80. The number of methoxy groups -OCH3 is 1. The van der Waals surface area contributed by atoms with Gasteiger partial charge < -0.3 is 10.1 Å². The van der Waals surface area contributed by atoms with Gasteiger partial charge in [-0.15, -0.1) is 11.3 Å². The summed E-state index contributed by atoms with van der Waals surface area (Å²) in [6.07, 6.45) is 2.77. The molecule has 0 aliphatic heterocycles. The third-order valence-corrected chi connectivity index (χ3v) is 7.96. The summed E-state index contributed by atoms with van der Waals surface area (Å²) in [5.41, 5.74) is 4.38. The van der Waals surface area contributed by atoms with Crippen molar-refractivity contribution < 1.29 is 14.3 Å². The third-order valence-electron chi connectivity index (χ3n) is 6.59. The Morgan fingerprint density at radius 2 is 1.69 bits per heavy atom. The van der Waals surface area contributed by atoms with Crippen LogP contribution in [0.2, 0.25) is 0 Å². The van der Waals surface area contributed by atoms with Gasteiger partial charge in [-0.1, -0.05) is 63.2 Å². The SMILES string of the molecule is COC(=O)c1c(NC(=S)NC(=O)c2ccc(-c3ccccc3)cc2)sc2c1CCC(C(C)(C)C)C2. The van der Waals surface area contributed by atoms with E-state index in [1.54, 1.807) is 12.1 Å². The van der Waals surface area contributed by atoms with Gasteiger partial charge in [0.25, 0.3) is 5.91 Å². The molecular weight excluding hydrogens is 476 g/mol. The molecule has 1 aliphatic rings. The molecule has 0 spiro atoms. The Balaban J connectivity index is 1.48. The molecule has 2 N–H and O–H groups in total. The van der Waals surface area contributed by atoms with Crippen LogP contribution in [0.4, 0.5) is 5.00 Å². The molecule has 1 aromatic heterocycles. The highest BCUT2D eigenvalue weighted by Gasteiger charge is 2.34. The molecule has 0 fully saturated rings. The fraction of sp³-hybridized carbons (Fsp3) is 0.321. The van der Waals surface area contributed by atoms with Gasteiger partial charge >= 0.3 is 5.97 Å². The van der Waals surface area contributed by atoms with Crippen molar-refractivity contribution >= 4 is 45.5 Å². The highest BCUT2D eigenvalue weighted by atomic mass is 32.1. The number of nitrogens with one attached hydrogen (secondary N) is 2. The zero-order valence-corrected chi connectivity index (χ0v) is 22.1. The van der Waals surface area contributed by atoms with Gasteiger partial charge in [-0.25, -0.2) is 4.79 Å². The van der Waals surface area contributed by atoms with Crippen LogP contribution in [0.3, 0.4) is 0 Å². The number of benzene rings is 2. The summed E-state index contributed by atoms with van der Waals surface area (Å²) < 4.78 is 5.07. The number of thiophene rings is 1. The average Bonchev–Trinajstić information content (AvgIpc) is 3.20.